The molecule has 1 aromatic carbocycles. The molecular weight excluding hydrogens is 295 g/mol. The van der Waals surface area contributed by atoms with Crippen LogP contribution in [0.25, 0.3) is 0 Å². The molecule has 1 aliphatic heterocycles. The van der Waals surface area contributed by atoms with Crippen LogP contribution in [0.4, 0.5) is 9.18 Å². The molecule has 5 heteroatoms. The van der Waals surface area contributed by atoms with Crippen LogP contribution in [0.5, 0.6) is 0 Å². The first-order valence-corrected chi connectivity index (χ1v) is 8.14. The molecule has 1 amide bonds. The van der Waals surface area contributed by atoms with E-state index in [1.165, 1.54) is 12.1 Å². The summed E-state index contributed by atoms with van der Waals surface area (Å²) in [6, 6.07) is 6.54. The summed E-state index contributed by atoms with van der Waals surface area (Å²) in [6.45, 7) is 9.87. The summed E-state index contributed by atoms with van der Waals surface area (Å²) in [4.78, 5) is 13.9. The number of hydrogen-bond acceptors (Lipinski definition) is 3. The second-order valence-corrected chi connectivity index (χ2v) is 7.51. The molecule has 1 heterocycles. The number of amides is 1. The SMILES string of the molecule is CC1(NCc2ccc(F)cc2)CCN(C(=O)OC(C)(C)C)CC1. The lowest BCUT2D eigenvalue weighted by Gasteiger charge is -2.40. The lowest BCUT2D eigenvalue weighted by atomic mass is 9.89. The van der Waals surface area contributed by atoms with Gasteiger partial charge in [-0.05, 0) is 58.2 Å². The number of halogens is 1. The third kappa shape index (κ3) is 5.50. The van der Waals surface area contributed by atoms with Gasteiger partial charge in [0.15, 0.2) is 0 Å². The molecule has 0 saturated carbocycles. The molecule has 1 aliphatic rings. The van der Waals surface area contributed by atoms with Crippen molar-refractivity contribution in [2.75, 3.05) is 13.1 Å². The average Bonchev–Trinajstić information content (AvgIpc) is 2.46. The molecule has 0 unspecified atom stereocenters. The molecule has 0 atom stereocenters. The van der Waals surface area contributed by atoms with Gasteiger partial charge in [-0.15, -0.1) is 0 Å². The number of piperidine rings is 1. The molecule has 2 rings (SSSR count). The van der Waals surface area contributed by atoms with Crippen molar-refractivity contribution in [3.63, 3.8) is 0 Å². The van der Waals surface area contributed by atoms with Crippen LogP contribution in [-0.4, -0.2) is 35.2 Å². The van der Waals surface area contributed by atoms with Gasteiger partial charge in [-0.1, -0.05) is 12.1 Å². The maximum absolute atomic E-state index is 12.9. The van der Waals surface area contributed by atoms with Crippen LogP contribution in [0.15, 0.2) is 24.3 Å². The van der Waals surface area contributed by atoms with Crippen molar-refractivity contribution in [1.29, 1.82) is 0 Å². The number of rotatable bonds is 3. The summed E-state index contributed by atoms with van der Waals surface area (Å²) in [5.74, 6) is -0.217. The fraction of sp³-hybridized carbons (Fsp3) is 0.611. The van der Waals surface area contributed by atoms with Gasteiger partial charge >= 0.3 is 6.09 Å². The molecule has 1 aromatic rings. The highest BCUT2D eigenvalue weighted by Crippen LogP contribution is 2.23. The van der Waals surface area contributed by atoms with Gasteiger partial charge in [0.1, 0.15) is 11.4 Å². The van der Waals surface area contributed by atoms with Crippen molar-refractivity contribution >= 4 is 6.09 Å². The summed E-state index contributed by atoms with van der Waals surface area (Å²) in [5.41, 5.74) is 0.577. The van der Waals surface area contributed by atoms with Gasteiger partial charge in [0.05, 0.1) is 0 Å². The van der Waals surface area contributed by atoms with E-state index in [0.29, 0.717) is 19.6 Å². The molecule has 128 valence electrons. The maximum atomic E-state index is 12.9. The molecule has 0 bridgehead atoms. The molecule has 4 nitrogen and oxygen atoms in total. The van der Waals surface area contributed by atoms with Crippen molar-refractivity contribution in [3.8, 4) is 0 Å². The molecule has 0 radical (unpaired) electrons. The summed E-state index contributed by atoms with van der Waals surface area (Å²) in [5, 5.41) is 3.54. The molecule has 1 saturated heterocycles. The molecule has 0 spiro atoms. The number of benzene rings is 1. The number of carbonyl (C=O) groups excluding carboxylic acids is 1. The maximum Gasteiger partial charge on any atom is 0.410 e. The lowest BCUT2D eigenvalue weighted by molar-refractivity contribution is 0.0157. The first kappa shape index (κ1) is 17.7. The number of carbonyl (C=O) groups is 1. The van der Waals surface area contributed by atoms with Crippen molar-refractivity contribution < 1.29 is 13.9 Å². The number of nitrogens with zero attached hydrogens (tertiary/aromatic N) is 1. The van der Waals surface area contributed by atoms with Crippen LogP contribution in [0, 0.1) is 5.82 Å². The summed E-state index contributed by atoms with van der Waals surface area (Å²) in [7, 11) is 0. The first-order valence-electron chi connectivity index (χ1n) is 8.14. The number of nitrogens with one attached hydrogen (secondary N) is 1. The Morgan fingerprint density at radius 3 is 2.35 bits per heavy atom. The van der Waals surface area contributed by atoms with Crippen molar-refractivity contribution in [2.24, 2.45) is 0 Å². The lowest BCUT2D eigenvalue weighted by Crippen LogP contribution is -2.53. The number of likely N-dealkylation sites (tertiary alicyclic amines) is 1. The molecule has 1 fully saturated rings. The quantitative estimate of drug-likeness (QED) is 0.922. The fourth-order valence-corrected chi connectivity index (χ4v) is 2.60. The Kier molecular flexibility index (Phi) is 5.30. The summed E-state index contributed by atoms with van der Waals surface area (Å²) < 4.78 is 18.3. The Morgan fingerprint density at radius 2 is 1.83 bits per heavy atom. The Morgan fingerprint density at radius 1 is 1.26 bits per heavy atom. The van der Waals surface area contributed by atoms with E-state index in [1.807, 2.05) is 20.8 Å². The van der Waals surface area contributed by atoms with E-state index in [9.17, 15) is 9.18 Å². The monoisotopic (exact) mass is 322 g/mol. The minimum atomic E-state index is -0.460. The molecule has 23 heavy (non-hydrogen) atoms. The Balaban J connectivity index is 1.82. The second kappa shape index (κ2) is 6.87. The Hall–Kier alpha value is -1.62. The summed E-state index contributed by atoms with van der Waals surface area (Å²) >= 11 is 0. The zero-order valence-electron chi connectivity index (χ0n) is 14.5. The van der Waals surface area contributed by atoms with Gasteiger partial charge in [0.2, 0.25) is 0 Å². The second-order valence-electron chi connectivity index (χ2n) is 7.51. The molecular formula is C18H27FN2O2. The predicted molar refractivity (Wildman–Crippen MR) is 88.7 cm³/mol. The van der Waals surface area contributed by atoms with Gasteiger partial charge in [-0.3, -0.25) is 0 Å². The zero-order chi connectivity index (χ0) is 17.1. The van der Waals surface area contributed by atoms with E-state index in [-0.39, 0.29) is 17.4 Å². The van der Waals surface area contributed by atoms with E-state index in [4.69, 9.17) is 4.74 Å². The number of hydrogen-bond donors (Lipinski definition) is 1. The van der Waals surface area contributed by atoms with Crippen LogP contribution >= 0.6 is 0 Å². The predicted octanol–water partition coefficient (Wildman–Crippen LogP) is 3.70. The minimum absolute atomic E-state index is 0.0209. The smallest absolute Gasteiger partial charge is 0.410 e. The average molecular weight is 322 g/mol. The number of ether oxygens (including phenoxy) is 1. The fourth-order valence-electron chi connectivity index (χ4n) is 2.60. The van der Waals surface area contributed by atoms with Crippen LogP contribution < -0.4 is 5.32 Å². The highest BCUT2D eigenvalue weighted by atomic mass is 19.1. The largest absolute Gasteiger partial charge is 0.444 e. The van der Waals surface area contributed by atoms with Crippen molar-refractivity contribution in [3.05, 3.63) is 35.6 Å². The standard InChI is InChI=1S/C18H27FN2O2/c1-17(2,3)23-16(22)21-11-9-18(4,10-12-21)20-13-14-5-7-15(19)8-6-14/h5-8,20H,9-13H2,1-4H3. The highest BCUT2D eigenvalue weighted by Gasteiger charge is 2.33. The van der Waals surface area contributed by atoms with Crippen LogP contribution in [-0.2, 0) is 11.3 Å². The zero-order valence-corrected chi connectivity index (χ0v) is 14.5. The van der Waals surface area contributed by atoms with E-state index in [0.717, 1.165) is 18.4 Å². The van der Waals surface area contributed by atoms with Crippen LogP contribution in [0.1, 0.15) is 46.1 Å². The minimum Gasteiger partial charge on any atom is -0.444 e. The van der Waals surface area contributed by atoms with E-state index in [2.05, 4.69) is 12.2 Å². The third-order valence-electron chi connectivity index (χ3n) is 4.15. The van der Waals surface area contributed by atoms with Gasteiger partial charge in [-0.2, -0.15) is 0 Å². The first-order chi connectivity index (χ1) is 10.7. The van der Waals surface area contributed by atoms with E-state index < -0.39 is 5.60 Å². The third-order valence-corrected chi connectivity index (χ3v) is 4.15. The van der Waals surface area contributed by atoms with Crippen LogP contribution in [0.2, 0.25) is 0 Å². The van der Waals surface area contributed by atoms with E-state index in [1.54, 1.807) is 17.0 Å². The summed E-state index contributed by atoms with van der Waals surface area (Å²) in [6.07, 6.45) is 1.50. The van der Waals surface area contributed by atoms with Gasteiger partial charge < -0.3 is 15.0 Å². The van der Waals surface area contributed by atoms with Crippen molar-refractivity contribution in [2.45, 2.75) is 58.2 Å². The highest BCUT2D eigenvalue weighted by molar-refractivity contribution is 5.68. The Labute approximate surface area is 138 Å². The van der Waals surface area contributed by atoms with E-state index >= 15 is 0 Å². The molecule has 0 aliphatic carbocycles. The van der Waals surface area contributed by atoms with Gasteiger partial charge in [-0.25, -0.2) is 9.18 Å². The van der Waals surface area contributed by atoms with Gasteiger partial charge in [0.25, 0.3) is 0 Å². The molecule has 1 N–H and O–H groups in total. The topological polar surface area (TPSA) is 41.6 Å². The van der Waals surface area contributed by atoms with Crippen molar-refractivity contribution in [1.82, 2.24) is 10.2 Å². The van der Waals surface area contributed by atoms with Crippen LogP contribution in [0.3, 0.4) is 0 Å². The molecule has 0 aromatic heterocycles. The normalized spacial score (nSPS) is 17.9. The van der Waals surface area contributed by atoms with Gasteiger partial charge in [0, 0.05) is 25.2 Å². The Bertz CT molecular complexity index is 529.